The van der Waals surface area contributed by atoms with Crippen LogP contribution in [-0.4, -0.2) is 29.4 Å². The van der Waals surface area contributed by atoms with E-state index in [9.17, 15) is 4.79 Å². The summed E-state index contributed by atoms with van der Waals surface area (Å²) in [5.41, 5.74) is 10.3. The van der Waals surface area contributed by atoms with Crippen molar-refractivity contribution in [2.75, 3.05) is 13.1 Å². The second-order valence-electron chi connectivity index (χ2n) is 3.65. The van der Waals surface area contributed by atoms with Gasteiger partial charge in [-0.1, -0.05) is 6.58 Å². The van der Waals surface area contributed by atoms with Crippen LogP contribution in [0, 0.1) is 11.8 Å². The second-order valence-corrected chi connectivity index (χ2v) is 3.65. The van der Waals surface area contributed by atoms with E-state index in [0.717, 1.165) is 13.1 Å². The summed E-state index contributed by atoms with van der Waals surface area (Å²) in [6.07, 6.45) is 1.79. The van der Waals surface area contributed by atoms with Gasteiger partial charge in [0.15, 0.2) is 0 Å². The Hall–Kier alpha value is -1.03. The van der Waals surface area contributed by atoms with Crippen molar-refractivity contribution >= 4 is 5.91 Å². The quantitative estimate of drug-likeness (QED) is 0.547. The summed E-state index contributed by atoms with van der Waals surface area (Å²) in [5, 5.41) is 0. The molecule has 0 bridgehead atoms. The minimum Gasteiger partial charge on any atom is -0.377 e. The van der Waals surface area contributed by atoms with Crippen molar-refractivity contribution in [3.8, 4) is 0 Å². The fraction of sp³-hybridized carbons (Fsp3) is 0.625. The molecule has 0 aromatic carbocycles. The lowest BCUT2D eigenvalue weighted by Gasteiger charge is -2.19. The number of likely N-dealkylation sites (tertiary alicyclic amines) is 1. The zero-order valence-electron chi connectivity index (χ0n) is 6.86. The number of hydrogen-bond acceptors (Lipinski definition) is 3. The molecule has 2 rings (SSSR count). The van der Waals surface area contributed by atoms with Crippen LogP contribution in [0.1, 0.15) is 0 Å². The summed E-state index contributed by atoms with van der Waals surface area (Å²) in [6, 6.07) is 0. The van der Waals surface area contributed by atoms with Gasteiger partial charge in [0, 0.05) is 24.9 Å². The van der Waals surface area contributed by atoms with Crippen molar-refractivity contribution in [3.05, 3.63) is 12.8 Å². The van der Waals surface area contributed by atoms with E-state index < -0.39 is 5.54 Å². The Kier molecular flexibility index (Phi) is 1.28. The smallest absolute Gasteiger partial charge is 0.238 e. The number of nitrogens with zero attached hydrogens (tertiary/aromatic N) is 1. The van der Waals surface area contributed by atoms with Crippen LogP contribution in [-0.2, 0) is 4.79 Å². The molecule has 4 N–H and O–H groups in total. The van der Waals surface area contributed by atoms with Crippen molar-refractivity contribution in [2.24, 2.45) is 23.3 Å². The van der Waals surface area contributed by atoms with Gasteiger partial charge < -0.3 is 16.4 Å². The summed E-state index contributed by atoms with van der Waals surface area (Å²) < 4.78 is 0. The van der Waals surface area contributed by atoms with Crippen LogP contribution < -0.4 is 11.5 Å². The summed E-state index contributed by atoms with van der Waals surface area (Å²) >= 11 is 0. The first kappa shape index (κ1) is 7.61. The SMILES string of the molecule is C=CN1CC2C(C1)C2(N)C(N)=O. The minimum atomic E-state index is -0.709. The van der Waals surface area contributed by atoms with Crippen molar-refractivity contribution < 1.29 is 4.79 Å². The molecule has 1 saturated heterocycles. The van der Waals surface area contributed by atoms with Crippen LogP contribution >= 0.6 is 0 Å². The fourth-order valence-electron chi connectivity index (χ4n) is 2.21. The third-order valence-corrected chi connectivity index (χ3v) is 3.15. The largest absolute Gasteiger partial charge is 0.377 e. The van der Waals surface area contributed by atoms with Crippen LogP contribution in [0.5, 0.6) is 0 Å². The molecule has 66 valence electrons. The van der Waals surface area contributed by atoms with Crippen molar-refractivity contribution in [1.82, 2.24) is 4.90 Å². The lowest BCUT2D eigenvalue weighted by atomic mass is 10.1. The molecule has 0 aromatic rings. The average Bonchev–Trinajstić information content (AvgIpc) is 2.51. The number of primary amides is 1. The Labute approximate surface area is 71.2 Å². The van der Waals surface area contributed by atoms with Gasteiger partial charge in [-0.15, -0.1) is 0 Å². The first-order valence-electron chi connectivity index (χ1n) is 4.06. The molecule has 1 aliphatic heterocycles. The summed E-state index contributed by atoms with van der Waals surface area (Å²) in [5.74, 6) is 0.155. The monoisotopic (exact) mass is 167 g/mol. The van der Waals surface area contributed by atoms with Gasteiger partial charge in [0.2, 0.25) is 5.91 Å². The summed E-state index contributed by atoms with van der Waals surface area (Å²) in [6.45, 7) is 5.31. The lowest BCUT2D eigenvalue weighted by molar-refractivity contribution is -0.121. The molecule has 0 radical (unpaired) electrons. The molecule has 1 aliphatic carbocycles. The van der Waals surface area contributed by atoms with Gasteiger partial charge >= 0.3 is 0 Å². The average molecular weight is 167 g/mol. The number of nitrogens with two attached hydrogens (primary N) is 2. The van der Waals surface area contributed by atoms with E-state index in [-0.39, 0.29) is 17.7 Å². The first-order valence-corrected chi connectivity index (χ1v) is 4.06. The van der Waals surface area contributed by atoms with Crippen LogP contribution in [0.15, 0.2) is 12.8 Å². The molecule has 2 unspecified atom stereocenters. The Morgan fingerprint density at radius 3 is 2.42 bits per heavy atom. The molecule has 2 aliphatic rings. The molecule has 1 amide bonds. The van der Waals surface area contributed by atoms with E-state index in [1.165, 1.54) is 0 Å². The van der Waals surface area contributed by atoms with Crippen LogP contribution in [0.25, 0.3) is 0 Å². The highest BCUT2D eigenvalue weighted by Gasteiger charge is 2.69. The van der Waals surface area contributed by atoms with Gasteiger partial charge in [-0.2, -0.15) is 0 Å². The Morgan fingerprint density at radius 2 is 2.08 bits per heavy atom. The maximum Gasteiger partial charge on any atom is 0.238 e. The highest BCUT2D eigenvalue weighted by Crippen LogP contribution is 2.53. The molecular formula is C8H13N3O. The van der Waals surface area contributed by atoms with E-state index in [4.69, 9.17) is 11.5 Å². The number of amides is 1. The van der Waals surface area contributed by atoms with Gasteiger partial charge in [0.1, 0.15) is 5.54 Å². The molecule has 4 nitrogen and oxygen atoms in total. The first-order chi connectivity index (χ1) is 5.60. The molecule has 2 fully saturated rings. The molecule has 0 spiro atoms. The molecule has 1 saturated carbocycles. The van der Waals surface area contributed by atoms with Crippen molar-refractivity contribution in [3.63, 3.8) is 0 Å². The van der Waals surface area contributed by atoms with Crippen molar-refractivity contribution in [2.45, 2.75) is 5.54 Å². The second kappa shape index (κ2) is 2.01. The Bertz CT molecular complexity index is 239. The number of carbonyl (C=O) groups is 1. The zero-order valence-corrected chi connectivity index (χ0v) is 6.86. The molecule has 2 atom stereocenters. The molecular weight excluding hydrogens is 154 g/mol. The molecule has 0 aromatic heterocycles. The Balaban J connectivity index is 2.07. The number of fused-ring (bicyclic) bond motifs is 1. The number of carbonyl (C=O) groups excluding carboxylic acids is 1. The van der Waals surface area contributed by atoms with Gasteiger partial charge in [0.25, 0.3) is 0 Å². The fourth-order valence-corrected chi connectivity index (χ4v) is 2.21. The minimum absolute atomic E-state index is 0.257. The third kappa shape index (κ3) is 0.679. The zero-order chi connectivity index (χ0) is 8.93. The van der Waals surface area contributed by atoms with Gasteiger partial charge in [0.05, 0.1) is 0 Å². The topological polar surface area (TPSA) is 72.3 Å². The predicted octanol–water partition coefficient (Wildman–Crippen LogP) is -1.13. The molecule has 1 heterocycles. The standard InChI is InChI=1S/C8H13N3O/c1-2-11-3-5-6(4-11)8(5,10)7(9)12/h2,5-6H,1,3-4,10H2,(H2,9,12). The number of rotatable bonds is 2. The van der Waals surface area contributed by atoms with Crippen LogP contribution in [0.2, 0.25) is 0 Å². The molecule has 4 heteroatoms. The van der Waals surface area contributed by atoms with Crippen molar-refractivity contribution in [1.29, 1.82) is 0 Å². The Morgan fingerprint density at radius 1 is 1.58 bits per heavy atom. The summed E-state index contributed by atoms with van der Waals surface area (Å²) in [4.78, 5) is 13.0. The lowest BCUT2D eigenvalue weighted by Crippen LogP contribution is -2.46. The van der Waals surface area contributed by atoms with Crippen LogP contribution in [0.4, 0.5) is 0 Å². The van der Waals surface area contributed by atoms with Gasteiger partial charge in [-0.25, -0.2) is 0 Å². The van der Waals surface area contributed by atoms with E-state index in [2.05, 4.69) is 11.5 Å². The van der Waals surface area contributed by atoms with Gasteiger partial charge in [-0.05, 0) is 6.20 Å². The number of piperidine rings is 1. The highest BCUT2D eigenvalue weighted by molar-refractivity contribution is 5.89. The number of hydrogen-bond donors (Lipinski definition) is 2. The van der Waals surface area contributed by atoms with Gasteiger partial charge in [-0.3, -0.25) is 4.79 Å². The maximum absolute atomic E-state index is 10.9. The highest BCUT2D eigenvalue weighted by atomic mass is 16.1. The van der Waals surface area contributed by atoms with E-state index >= 15 is 0 Å². The molecule has 12 heavy (non-hydrogen) atoms. The third-order valence-electron chi connectivity index (χ3n) is 3.15. The van der Waals surface area contributed by atoms with E-state index in [0.29, 0.717) is 0 Å². The van der Waals surface area contributed by atoms with E-state index in [1.807, 2.05) is 0 Å². The summed E-state index contributed by atoms with van der Waals surface area (Å²) in [7, 11) is 0. The van der Waals surface area contributed by atoms with Crippen LogP contribution in [0.3, 0.4) is 0 Å². The van der Waals surface area contributed by atoms with E-state index in [1.54, 1.807) is 6.20 Å². The normalized spacial score (nSPS) is 43.9. The maximum atomic E-state index is 10.9. The predicted molar refractivity (Wildman–Crippen MR) is 44.9 cm³/mol.